The van der Waals surface area contributed by atoms with E-state index in [9.17, 15) is 18.0 Å². The zero-order chi connectivity index (χ0) is 31.2. The first-order valence-corrected chi connectivity index (χ1v) is 17.1. The average Bonchev–Trinajstić information content (AvgIpc) is 3.80. The monoisotopic (exact) mass is 627 g/mol. The Morgan fingerprint density at radius 2 is 1.47 bits per heavy atom. The number of sulfone groups is 1. The Morgan fingerprint density at radius 1 is 0.800 bits per heavy atom. The smallest absolute Gasteiger partial charge is 0.319 e. The normalized spacial score (nSPS) is 16.6. The molecule has 11 nitrogen and oxygen atoms in total. The van der Waals surface area contributed by atoms with Crippen molar-refractivity contribution >= 4 is 33.4 Å². The standard InChI is InChI=1S/C33H37N7O4S/c41-31(36-32-37-39-40-38-32)26-19-17-25(18-20-26)30(24-15-13-23(14-16-24)22-7-2-1-3-8-22)35-33(42)34-27-9-6-12-29(21-27)45(43,44)28-10-4-5-11-28/h6,9,12-22,28,30H,1-5,7-8,10-11H2,(H2,34,35,42)(H2,36,37,38,39,40,41). The van der Waals surface area contributed by atoms with Gasteiger partial charge in [0.05, 0.1) is 16.2 Å². The van der Waals surface area contributed by atoms with Crippen LogP contribution in [0.5, 0.6) is 0 Å². The number of nitrogens with zero attached hydrogens (tertiary/aromatic N) is 3. The van der Waals surface area contributed by atoms with Crippen LogP contribution in [0.1, 0.15) is 96.8 Å². The van der Waals surface area contributed by atoms with Gasteiger partial charge in [0.1, 0.15) is 0 Å². The molecule has 0 aliphatic heterocycles. The van der Waals surface area contributed by atoms with Gasteiger partial charge in [-0.25, -0.2) is 13.2 Å². The lowest BCUT2D eigenvalue weighted by molar-refractivity contribution is 0.102. The van der Waals surface area contributed by atoms with Crippen molar-refractivity contribution in [3.63, 3.8) is 0 Å². The van der Waals surface area contributed by atoms with E-state index in [-0.39, 0.29) is 16.1 Å². The van der Waals surface area contributed by atoms with Crippen LogP contribution < -0.4 is 16.0 Å². The molecule has 0 spiro atoms. The second-order valence-electron chi connectivity index (χ2n) is 11.8. The predicted octanol–water partition coefficient (Wildman–Crippen LogP) is 6.13. The Kier molecular flexibility index (Phi) is 9.20. The minimum Gasteiger partial charge on any atom is -0.327 e. The Bertz CT molecular complexity index is 1710. The Labute approximate surface area is 262 Å². The van der Waals surface area contributed by atoms with E-state index in [1.807, 2.05) is 12.1 Å². The van der Waals surface area contributed by atoms with Gasteiger partial charge < -0.3 is 10.6 Å². The van der Waals surface area contributed by atoms with E-state index in [1.54, 1.807) is 42.5 Å². The molecule has 1 aromatic heterocycles. The lowest BCUT2D eigenvalue weighted by atomic mass is 9.83. The molecule has 1 heterocycles. The van der Waals surface area contributed by atoms with Gasteiger partial charge in [-0.05, 0) is 83.8 Å². The van der Waals surface area contributed by atoms with Crippen LogP contribution in [0.15, 0.2) is 77.7 Å². The maximum atomic E-state index is 13.4. The van der Waals surface area contributed by atoms with Crippen molar-refractivity contribution in [3.8, 4) is 0 Å². The number of carbonyl (C=O) groups is 2. The molecule has 0 radical (unpaired) electrons. The van der Waals surface area contributed by atoms with Crippen LogP contribution in [0, 0.1) is 0 Å². The van der Waals surface area contributed by atoms with Gasteiger partial charge in [-0.3, -0.25) is 10.1 Å². The van der Waals surface area contributed by atoms with Gasteiger partial charge in [0, 0.05) is 11.3 Å². The van der Waals surface area contributed by atoms with Crippen molar-refractivity contribution in [2.45, 2.75) is 79.9 Å². The molecule has 0 saturated heterocycles. The highest BCUT2D eigenvalue weighted by Crippen LogP contribution is 2.34. The molecule has 4 aromatic rings. The number of aromatic amines is 1. The second-order valence-corrected chi connectivity index (χ2v) is 14.1. The van der Waals surface area contributed by atoms with Crippen LogP contribution >= 0.6 is 0 Å². The number of H-pyrrole nitrogens is 1. The van der Waals surface area contributed by atoms with Crippen LogP contribution in [0.2, 0.25) is 0 Å². The molecule has 2 fully saturated rings. The molecule has 234 valence electrons. The summed E-state index contributed by atoms with van der Waals surface area (Å²) in [6, 6.07) is 20.7. The van der Waals surface area contributed by atoms with Crippen molar-refractivity contribution in [2.75, 3.05) is 10.6 Å². The lowest BCUT2D eigenvalue weighted by Crippen LogP contribution is -2.33. The molecular formula is C33H37N7O4S. The number of hydrogen-bond acceptors (Lipinski definition) is 7. The van der Waals surface area contributed by atoms with Crippen LogP contribution in [0.25, 0.3) is 0 Å². The minimum absolute atomic E-state index is 0.0680. The quantitative estimate of drug-likeness (QED) is 0.174. The number of urea groups is 1. The van der Waals surface area contributed by atoms with E-state index in [4.69, 9.17) is 0 Å². The summed E-state index contributed by atoms with van der Waals surface area (Å²) in [4.78, 5) is 26.3. The molecule has 3 aromatic carbocycles. The summed E-state index contributed by atoms with van der Waals surface area (Å²) in [5.74, 6) is 0.222. The zero-order valence-corrected chi connectivity index (χ0v) is 25.7. The summed E-state index contributed by atoms with van der Waals surface area (Å²) < 4.78 is 26.3. The first-order valence-electron chi connectivity index (χ1n) is 15.5. The number of carbonyl (C=O) groups excluding carboxylic acids is 2. The third kappa shape index (κ3) is 7.22. The number of anilines is 2. The summed E-state index contributed by atoms with van der Waals surface area (Å²) >= 11 is 0. The van der Waals surface area contributed by atoms with E-state index in [2.05, 4.69) is 48.7 Å². The molecule has 2 aliphatic carbocycles. The lowest BCUT2D eigenvalue weighted by Gasteiger charge is -2.24. The van der Waals surface area contributed by atoms with Crippen LogP contribution in [-0.2, 0) is 9.84 Å². The molecule has 2 saturated carbocycles. The number of aromatic nitrogens is 4. The maximum Gasteiger partial charge on any atom is 0.319 e. The fraction of sp³-hybridized carbons (Fsp3) is 0.364. The molecule has 1 unspecified atom stereocenters. The number of nitrogens with one attached hydrogen (secondary N) is 4. The van der Waals surface area contributed by atoms with Gasteiger partial charge in [0.2, 0.25) is 0 Å². The summed E-state index contributed by atoms with van der Waals surface area (Å²) in [7, 11) is -3.46. The van der Waals surface area contributed by atoms with Crippen molar-refractivity contribution in [1.29, 1.82) is 0 Å². The third-order valence-corrected chi connectivity index (χ3v) is 11.1. The highest BCUT2D eigenvalue weighted by Gasteiger charge is 2.30. The molecule has 3 amide bonds. The van der Waals surface area contributed by atoms with Crippen molar-refractivity contribution in [2.24, 2.45) is 0 Å². The predicted molar refractivity (Wildman–Crippen MR) is 171 cm³/mol. The molecular weight excluding hydrogens is 590 g/mol. The first-order chi connectivity index (χ1) is 21.9. The Morgan fingerprint density at radius 3 is 2.13 bits per heavy atom. The van der Waals surface area contributed by atoms with E-state index < -0.39 is 27.8 Å². The molecule has 12 heteroatoms. The summed E-state index contributed by atoms with van der Waals surface area (Å²) in [5, 5.41) is 21.3. The van der Waals surface area contributed by atoms with Crippen LogP contribution in [0.3, 0.4) is 0 Å². The molecule has 45 heavy (non-hydrogen) atoms. The van der Waals surface area contributed by atoms with Gasteiger partial charge in [-0.2, -0.15) is 5.21 Å². The molecule has 0 bridgehead atoms. The highest BCUT2D eigenvalue weighted by molar-refractivity contribution is 7.92. The minimum atomic E-state index is -3.46. The number of tetrazole rings is 1. The van der Waals surface area contributed by atoms with Gasteiger partial charge in [0.25, 0.3) is 11.9 Å². The topological polar surface area (TPSA) is 159 Å². The molecule has 6 rings (SSSR count). The SMILES string of the molecule is O=C(Nc1cccc(S(=O)(=O)C2CCCC2)c1)NC(c1ccc(C(=O)Nc2nn[nH]n2)cc1)c1ccc(C2CCCCC2)cc1. The number of amides is 3. The zero-order valence-electron chi connectivity index (χ0n) is 24.9. The van der Waals surface area contributed by atoms with Gasteiger partial charge in [0.15, 0.2) is 9.84 Å². The summed E-state index contributed by atoms with van der Waals surface area (Å²) in [5.41, 5.74) is 3.73. The first kappa shape index (κ1) is 30.4. The number of hydrogen-bond donors (Lipinski definition) is 4. The second kappa shape index (κ2) is 13.6. The Hall–Kier alpha value is -4.58. The van der Waals surface area contributed by atoms with Gasteiger partial charge in [-0.1, -0.05) is 79.7 Å². The fourth-order valence-electron chi connectivity index (χ4n) is 6.41. The van der Waals surface area contributed by atoms with Crippen molar-refractivity contribution < 1.29 is 18.0 Å². The molecule has 2 aliphatic rings. The summed E-state index contributed by atoms with van der Waals surface area (Å²) in [6.07, 6.45) is 9.31. The van der Waals surface area contributed by atoms with Crippen LogP contribution in [-0.4, -0.2) is 46.2 Å². The molecule has 4 N–H and O–H groups in total. The van der Waals surface area contributed by atoms with E-state index in [1.165, 1.54) is 43.7 Å². The number of rotatable bonds is 9. The number of benzene rings is 3. The molecule has 1 atom stereocenters. The van der Waals surface area contributed by atoms with Crippen LogP contribution in [0.4, 0.5) is 16.4 Å². The van der Waals surface area contributed by atoms with E-state index >= 15 is 0 Å². The largest absolute Gasteiger partial charge is 0.327 e. The van der Waals surface area contributed by atoms with Gasteiger partial charge in [-0.15, -0.1) is 5.10 Å². The average molecular weight is 628 g/mol. The van der Waals surface area contributed by atoms with Crippen molar-refractivity contribution in [1.82, 2.24) is 25.9 Å². The van der Waals surface area contributed by atoms with E-state index in [0.717, 1.165) is 24.0 Å². The van der Waals surface area contributed by atoms with E-state index in [0.29, 0.717) is 30.0 Å². The summed E-state index contributed by atoms with van der Waals surface area (Å²) in [6.45, 7) is 0. The maximum absolute atomic E-state index is 13.4. The fourth-order valence-corrected chi connectivity index (χ4v) is 8.31. The van der Waals surface area contributed by atoms with Gasteiger partial charge >= 0.3 is 6.03 Å². The highest BCUT2D eigenvalue weighted by atomic mass is 32.2. The van der Waals surface area contributed by atoms with Crippen molar-refractivity contribution in [3.05, 3.63) is 95.1 Å². The Balaban J connectivity index is 1.22. The third-order valence-electron chi connectivity index (χ3n) is 8.86.